The second-order valence-electron chi connectivity index (χ2n) is 3.24. The van der Waals surface area contributed by atoms with Gasteiger partial charge in [0.05, 0.1) is 0 Å². The van der Waals surface area contributed by atoms with Crippen LogP contribution in [0.3, 0.4) is 0 Å². The van der Waals surface area contributed by atoms with Gasteiger partial charge in [0.1, 0.15) is 6.07 Å². The lowest BCUT2D eigenvalue weighted by Gasteiger charge is -2.15. The van der Waals surface area contributed by atoms with Gasteiger partial charge in [-0.25, -0.2) is 4.63 Å². The van der Waals surface area contributed by atoms with Gasteiger partial charge >= 0.3 is 0 Å². The lowest BCUT2D eigenvalue weighted by Crippen LogP contribution is -2.29. The summed E-state index contributed by atoms with van der Waals surface area (Å²) in [6.07, 6.45) is 0. The zero-order valence-electron chi connectivity index (χ0n) is 7.16. The van der Waals surface area contributed by atoms with Gasteiger partial charge in [-0.3, -0.25) is 0 Å². The SMILES string of the molecule is C[Si](C)(C)Oc1nonc1C#N. The Bertz CT molecular complexity index is 309. The first-order chi connectivity index (χ1) is 5.53. The Labute approximate surface area is 71.0 Å². The van der Waals surface area contributed by atoms with Gasteiger partial charge in [0.25, 0.3) is 5.88 Å². The highest BCUT2D eigenvalue weighted by molar-refractivity contribution is 6.70. The van der Waals surface area contributed by atoms with Crippen molar-refractivity contribution in [2.75, 3.05) is 0 Å². The number of nitriles is 1. The molecule has 0 aliphatic carbocycles. The van der Waals surface area contributed by atoms with Crippen LogP contribution in [0.5, 0.6) is 5.88 Å². The van der Waals surface area contributed by atoms with Crippen molar-refractivity contribution in [3.05, 3.63) is 5.69 Å². The van der Waals surface area contributed by atoms with Crippen molar-refractivity contribution in [3.8, 4) is 11.9 Å². The number of hydrogen-bond acceptors (Lipinski definition) is 5. The summed E-state index contributed by atoms with van der Waals surface area (Å²) in [7, 11) is -1.72. The third-order valence-corrected chi connectivity index (χ3v) is 1.77. The molecule has 0 N–H and O–H groups in total. The van der Waals surface area contributed by atoms with Crippen molar-refractivity contribution < 1.29 is 9.06 Å². The molecule has 0 aliphatic rings. The van der Waals surface area contributed by atoms with Crippen LogP contribution < -0.4 is 4.43 Å². The van der Waals surface area contributed by atoms with Crippen molar-refractivity contribution in [1.82, 2.24) is 10.3 Å². The fourth-order valence-electron chi connectivity index (χ4n) is 0.606. The van der Waals surface area contributed by atoms with Crippen LogP contribution in [0.4, 0.5) is 0 Å². The minimum Gasteiger partial charge on any atom is -0.527 e. The molecule has 0 saturated heterocycles. The first-order valence-corrected chi connectivity index (χ1v) is 6.85. The van der Waals surface area contributed by atoms with E-state index in [1.54, 1.807) is 0 Å². The maximum Gasteiger partial charge on any atom is 0.281 e. The summed E-state index contributed by atoms with van der Waals surface area (Å²) < 4.78 is 9.77. The largest absolute Gasteiger partial charge is 0.527 e. The summed E-state index contributed by atoms with van der Waals surface area (Å²) in [6.45, 7) is 5.97. The summed E-state index contributed by atoms with van der Waals surface area (Å²) in [5.41, 5.74) is 0.109. The molecule has 0 aromatic carbocycles. The Morgan fingerprint density at radius 3 is 2.58 bits per heavy atom. The lowest BCUT2D eigenvalue weighted by atomic mass is 10.5. The molecule has 0 saturated carbocycles. The van der Waals surface area contributed by atoms with Gasteiger partial charge in [0.15, 0.2) is 0 Å². The Balaban J connectivity index is 2.84. The maximum atomic E-state index is 8.53. The summed E-state index contributed by atoms with van der Waals surface area (Å²) in [5, 5.41) is 15.4. The summed E-state index contributed by atoms with van der Waals surface area (Å²) in [5.74, 6) is 0.205. The zero-order valence-corrected chi connectivity index (χ0v) is 8.16. The average Bonchev–Trinajstić information content (AvgIpc) is 2.31. The van der Waals surface area contributed by atoms with Crippen LogP contribution in [0.25, 0.3) is 0 Å². The van der Waals surface area contributed by atoms with Crippen molar-refractivity contribution in [2.24, 2.45) is 0 Å². The molecule has 0 aliphatic heterocycles. The van der Waals surface area contributed by atoms with Gasteiger partial charge in [0, 0.05) is 0 Å². The molecular weight excluding hydrogens is 174 g/mol. The highest BCUT2D eigenvalue weighted by Crippen LogP contribution is 2.15. The van der Waals surface area contributed by atoms with E-state index in [2.05, 4.69) is 14.9 Å². The molecule has 0 unspecified atom stereocenters. The molecule has 6 heteroatoms. The molecule has 0 spiro atoms. The molecule has 0 fully saturated rings. The quantitative estimate of drug-likeness (QED) is 0.643. The number of rotatable bonds is 2. The Morgan fingerprint density at radius 1 is 1.42 bits per heavy atom. The van der Waals surface area contributed by atoms with Crippen LogP contribution in [-0.2, 0) is 0 Å². The molecule has 1 aromatic rings. The van der Waals surface area contributed by atoms with E-state index >= 15 is 0 Å². The molecule has 1 aromatic heterocycles. The van der Waals surface area contributed by atoms with Crippen LogP contribution >= 0.6 is 0 Å². The minimum absolute atomic E-state index is 0.109. The Kier molecular flexibility index (Phi) is 2.15. The normalized spacial score (nSPS) is 10.8. The van der Waals surface area contributed by atoms with Gasteiger partial charge in [-0.1, -0.05) is 0 Å². The third kappa shape index (κ3) is 2.07. The molecule has 0 atom stereocenters. The summed E-state index contributed by atoms with van der Waals surface area (Å²) in [6, 6.07) is 1.83. The fraction of sp³-hybridized carbons (Fsp3) is 0.500. The molecule has 5 nitrogen and oxygen atoms in total. The Hall–Kier alpha value is -1.35. The molecule has 0 bridgehead atoms. The van der Waals surface area contributed by atoms with Gasteiger partial charge in [-0.2, -0.15) is 5.26 Å². The van der Waals surface area contributed by atoms with Crippen LogP contribution in [0.15, 0.2) is 4.63 Å². The highest BCUT2D eigenvalue weighted by atomic mass is 28.4. The smallest absolute Gasteiger partial charge is 0.281 e. The van der Waals surface area contributed by atoms with Crippen LogP contribution in [0, 0.1) is 11.3 Å². The van der Waals surface area contributed by atoms with Gasteiger partial charge in [0.2, 0.25) is 14.0 Å². The third-order valence-electron chi connectivity index (χ3n) is 0.967. The highest BCUT2D eigenvalue weighted by Gasteiger charge is 2.21. The van der Waals surface area contributed by atoms with Crippen molar-refractivity contribution in [3.63, 3.8) is 0 Å². The first-order valence-electron chi connectivity index (χ1n) is 3.44. The Morgan fingerprint density at radius 2 is 2.08 bits per heavy atom. The molecular formula is C6H9N3O2Si. The van der Waals surface area contributed by atoms with Gasteiger partial charge in [-0.05, 0) is 30.0 Å². The van der Waals surface area contributed by atoms with E-state index in [9.17, 15) is 0 Å². The van der Waals surface area contributed by atoms with E-state index in [-0.39, 0.29) is 11.6 Å². The van der Waals surface area contributed by atoms with E-state index in [1.807, 2.05) is 25.7 Å². The molecule has 12 heavy (non-hydrogen) atoms. The predicted octanol–water partition coefficient (Wildman–Crippen LogP) is 1.15. The standard InChI is InChI=1S/C6H9N3O2Si/c1-12(2,3)10-6-5(4-7)8-11-9-6/h1-3H3. The second-order valence-corrected chi connectivity index (χ2v) is 7.67. The topological polar surface area (TPSA) is 71.9 Å². The molecule has 0 amide bonds. The molecule has 0 radical (unpaired) electrons. The predicted molar refractivity (Wildman–Crippen MR) is 43.0 cm³/mol. The summed E-state index contributed by atoms with van der Waals surface area (Å²) in [4.78, 5) is 0. The van der Waals surface area contributed by atoms with E-state index < -0.39 is 8.32 Å². The number of hydrogen-bond donors (Lipinski definition) is 0. The summed E-state index contributed by atoms with van der Waals surface area (Å²) >= 11 is 0. The number of aromatic nitrogens is 2. The minimum atomic E-state index is -1.72. The van der Waals surface area contributed by atoms with Crippen molar-refractivity contribution >= 4 is 8.32 Å². The number of nitrogens with zero attached hydrogens (tertiary/aromatic N) is 3. The van der Waals surface area contributed by atoms with Crippen molar-refractivity contribution in [1.29, 1.82) is 5.26 Å². The maximum absolute atomic E-state index is 8.53. The average molecular weight is 183 g/mol. The van der Waals surface area contributed by atoms with E-state index in [4.69, 9.17) is 9.69 Å². The second kappa shape index (κ2) is 2.95. The van der Waals surface area contributed by atoms with E-state index in [0.29, 0.717) is 0 Å². The lowest BCUT2D eigenvalue weighted by molar-refractivity contribution is 0.294. The molecule has 1 rings (SSSR count). The molecule has 64 valence electrons. The van der Waals surface area contributed by atoms with Gasteiger partial charge < -0.3 is 4.43 Å². The fourth-order valence-corrected chi connectivity index (χ4v) is 1.32. The first kappa shape index (κ1) is 8.74. The van der Waals surface area contributed by atoms with Gasteiger partial charge in [-0.15, -0.1) is 0 Å². The van der Waals surface area contributed by atoms with E-state index in [0.717, 1.165) is 0 Å². The van der Waals surface area contributed by atoms with Crippen LogP contribution in [0.1, 0.15) is 5.69 Å². The monoisotopic (exact) mass is 183 g/mol. The van der Waals surface area contributed by atoms with E-state index in [1.165, 1.54) is 0 Å². The molecule has 1 heterocycles. The zero-order chi connectivity index (χ0) is 9.19. The van der Waals surface area contributed by atoms with Crippen LogP contribution in [-0.4, -0.2) is 18.6 Å². The van der Waals surface area contributed by atoms with Crippen molar-refractivity contribution in [2.45, 2.75) is 19.6 Å². The van der Waals surface area contributed by atoms with Crippen LogP contribution in [0.2, 0.25) is 19.6 Å².